The lowest BCUT2D eigenvalue weighted by Gasteiger charge is -2.04. The van der Waals surface area contributed by atoms with Crippen LogP contribution in [0.4, 0.5) is 10.1 Å². The van der Waals surface area contributed by atoms with Gasteiger partial charge in [0.1, 0.15) is 5.75 Å². The molecule has 0 unspecified atom stereocenters. The van der Waals surface area contributed by atoms with Gasteiger partial charge in [0, 0.05) is 22.3 Å². The van der Waals surface area contributed by atoms with Crippen molar-refractivity contribution in [1.82, 2.24) is 0 Å². The van der Waals surface area contributed by atoms with Gasteiger partial charge in [-0.2, -0.15) is 4.39 Å². The Labute approximate surface area is 113 Å². The third-order valence-electron chi connectivity index (χ3n) is 2.49. The van der Waals surface area contributed by atoms with Crippen molar-refractivity contribution in [2.75, 3.05) is 0 Å². The molecule has 6 heteroatoms. The second-order valence-corrected chi connectivity index (χ2v) is 4.84. The Morgan fingerprint density at radius 3 is 2.53 bits per heavy atom. The first kappa shape index (κ1) is 13.4. The smallest absolute Gasteiger partial charge is 0.305 e. The molecule has 4 nitrogen and oxygen atoms in total. The van der Waals surface area contributed by atoms with Gasteiger partial charge in [-0.15, -0.1) is 11.8 Å². The van der Waals surface area contributed by atoms with Crippen LogP contribution in [-0.2, 0) is 5.75 Å². The third kappa shape index (κ3) is 3.23. The number of benzene rings is 2. The summed E-state index contributed by atoms with van der Waals surface area (Å²) >= 11 is 1.34. The van der Waals surface area contributed by atoms with Crippen LogP contribution >= 0.6 is 11.8 Å². The number of nitro benzene ring substituents is 1. The van der Waals surface area contributed by atoms with Crippen molar-refractivity contribution in [1.29, 1.82) is 0 Å². The molecule has 0 aliphatic rings. The maximum absolute atomic E-state index is 13.8. The Hall–Kier alpha value is -2.08. The maximum Gasteiger partial charge on any atom is 0.305 e. The van der Waals surface area contributed by atoms with Crippen LogP contribution < -0.4 is 0 Å². The standard InChI is InChI=1S/C13H10FNO3S/c14-13-9(2-1-3-12(13)15(17)18)8-19-11-6-4-10(16)5-7-11/h1-7,16H,8H2. The van der Waals surface area contributed by atoms with Crippen molar-refractivity contribution in [2.45, 2.75) is 10.6 Å². The van der Waals surface area contributed by atoms with Gasteiger partial charge in [0.15, 0.2) is 0 Å². The van der Waals surface area contributed by atoms with E-state index < -0.39 is 16.4 Å². The number of hydrogen-bond acceptors (Lipinski definition) is 4. The van der Waals surface area contributed by atoms with E-state index in [1.165, 1.54) is 36.0 Å². The van der Waals surface area contributed by atoms with Gasteiger partial charge in [-0.3, -0.25) is 10.1 Å². The predicted molar refractivity (Wildman–Crippen MR) is 70.7 cm³/mol. The number of halogens is 1. The molecule has 2 aromatic rings. The number of aromatic hydroxyl groups is 1. The van der Waals surface area contributed by atoms with Gasteiger partial charge in [0.2, 0.25) is 5.82 Å². The second kappa shape index (κ2) is 5.71. The van der Waals surface area contributed by atoms with Crippen molar-refractivity contribution in [3.05, 3.63) is 64.0 Å². The number of rotatable bonds is 4. The number of hydrogen-bond donors (Lipinski definition) is 1. The summed E-state index contributed by atoms with van der Waals surface area (Å²) < 4.78 is 13.8. The number of phenols is 1. The molecule has 0 bridgehead atoms. The highest BCUT2D eigenvalue weighted by molar-refractivity contribution is 7.98. The molecule has 0 spiro atoms. The fraction of sp³-hybridized carbons (Fsp3) is 0.0769. The van der Waals surface area contributed by atoms with Gasteiger partial charge >= 0.3 is 5.69 Å². The summed E-state index contributed by atoms with van der Waals surface area (Å²) in [4.78, 5) is 10.7. The normalized spacial score (nSPS) is 10.4. The van der Waals surface area contributed by atoms with Crippen LogP contribution in [-0.4, -0.2) is 10.0 Å². The Kier molecular flexibility index (Phi) is 4.01. The molecule has 2 aromatic carbocycles. The molecule has 0 saturated carbocycles. The average Bonchev–Trinajstić information content (AvgIpc) is 2.39. The van der Waals surface area contributed by atoms with Crippen molar-refractivity contribution < 1.29 is 14.4 Å². The summed E-state index contributed by atoms with van der Waals surface area (Å²) in [5, 5.41) is 19.8. The number of nitrogens with zero attached hydrogens (tertiary/aromatic N) is 1. The molecule has 1 N–H and O–H groups in total. The number of thioether (sulfide) groups is 1. The van der Waals surface area contributed by atoms with Gasteiger partial charge in [-0.1, -0.05) is 12.1 Å². The van der Waals surface area contributed by atoms with Gasteiger partial charge in [-0.25, -0.2) is 0 Å². The number of nitro groups is 1. The highest BCUT2D eigenvalue weighted by Gasteiger charge is 2.16. The third-order valence-corrected chi connectivity index (χ3v) is 3.55. The van der Waals surface area contributed by atoms with Crippen molar-refractivity contribution >= 4 is 17.4 Å². The van der Waals surface area contributed by atoms with Crippen LogP contribution in [0.25, 0.3) is 0 Å². The Balaban J connectivity index is 2.13. The minimum absolute atomic E-state index is 0.158. The molecule has 0 atom stereocenters. The molecule has 2 rings (SSSR count). The minimum atomic E-state index is -0.793. The number of phenolic OH excluding ortho intramolecular Hbond substituents is 1. The molecule has 0 saturated heterocycles. The van der Waals surface area contributed by atoms with E-state index in [1.807, 2.05) is 0 Å². The highest BCUT2D eigenvalue weighted by atomic mass is 32.2. The minimum Gasteiger partial charge on any atom is -0.508 e. The van der Waals surface area contributed by atoms with E-state index in [2.05, 4.69) is 0 Å². The van der Waals surface area contributed by atoms with Crippen LogP contribution in [0.5, 0.6) is 5.75 Å². The van der Waals surface area contributed by atoms with Crippen LogP contribution in [0.2, 0.25) is 0 Å². The molecule has 0 aliphatic carbocycles. The van der Waals surface area contributed by atoms with Crippen molar-refractivity contribution in [3.8, 4) is 5.75 Å². The van der Waals surface area contributed by atoms with E-state index in [4.69, 9.17) is 5.11 Å². The first-order valence-electron chi connectivity index (χ1n) is 5.41. The zero-order chi connectivity index (χ0) is 13.8. The lowest BCUT2D eigenvalue weighted by molar-refractivity contribution is -0.387. The Morgan fingerprint density at radius 1 is 1.21 bits per heavy atom. The summed E-state index contributed by atoms with van der Waals surface area (Å²) in [5.74, 6) is -0.345. The highest BCUT2D eigenvalue weighted by Crippen LogP contribution is 2.28. The molecule has 0 aliphatic heterocycles. The lowest BCUT2D eigenvalue weighted by atomic mass is 10.2. The van der Waals surface area contributed by atoms with Crippen LogP contribution in [0.1, 0.15) is 5.56 Å². The fourth-order valence-corrected chi connectivity index (χ4v) is 2.40. The Morgan fingerprint density at radius 2 is 1.89 bits per heavy atom. The fourth-order valence-electron chi connectivity index (χ4n) is 1.52. The SMILES string of the molecule is O=[N+]([O-])c1cccc(CSc2ccc(O)cc2)c1F. The predicted octanol–water partition coefficient (Wildman–Crippen LogP) is 3.73. The lowest BCUT2D eigenvalue weighted by Crippen LogP contribution is -1.96. The molecular formula is C13H10FNO3S. The quantitative estimate of drug-likeness (QED) is 0.526. The summed E-state index contributed by atoms with van der Waals surface area (Å²) in [6.45, 7) is 0. The van der Waals surface area contributed by atoms with Crippen LogP contribution in [0.3, 0.4) is 0 Å². The topological polar surface area (TPSA) is 63.4 Å². The van der Waals surface area contributed by atoms with E-state index in [-0.39, 0.29) is 17.1 Å². The zero-order valence-corrected chi connectivity index (χ0v) is 10.6. The molecule has 0 amide bonds. The summed E-state index contributed by atoms with van der Waals surface area (Å²) in [7, 11) is 0. The molecular weight excluding hydrogens is 269 g/mol. The summed E-state index contributed by atoms with van der Waals surface area (Å²) in [5.41, 5.74) is -0.226. The van der Waals surface area contributed by atoms with Gasteiger partial charge in [0.05, 0.1) is 4.92 Å². The molecule has 98 valence electrons. The molecule has 19 heavy (non-hydrogen) atoms. The van der Waals surface area contributed by atoms with E-state index in [0.717, 1.165) is 11.0 Å². The van der Waals surface area contributed by atoms with Crippen LogP contribution in [0.15, 0.2) is 47.4 Å². The molecule has 0 fully saturated rings. The maximum atomic E-state index is 13.8. The van der Waals surface area contributed by atoms with Gasteiger partial charge in [0.25, 0.3) is 0 Å². The van der Waals surface area contributed by atoms with Crippen LogP contribution in [0, 0.1) is 15.9 Å². The van der Waals surface area contributed by atoms with Gasteiger partial charge in [-0.05, 0) is 24.3 Å². The second-order valence-electron chi connectivity index (χ2n) is 3.79. The first-order valence-corrected chi connectivity index (χ1v) is 6.40. The first-order chi connectivity index (χ1) is 9.08. The van der Waals surface area contributed by atoms with E-state index in [0.29, 0.717) is 0 Å². The van der Waals surface area contributed by atoms with E-state index in [1.54, 1.807) is 12.1 Å². The molecule has 0 heterocycles. The Bertz CT molecular complexity index is 601. The zero-order valence-electron chi connectivity index (χ0n) is 9.75. The van der Waals surface area contributed by atoms with Gasteiger partial charge < -0.3 is 5.11 Å². The molecule has 0 radical (unpaired) electrons. The monoisotopic (exact) mass is 279 g/mol. The van der Waals surface area contributed by atoms with E-state index in [9.17, 15) is 14.5 Å². The summed E-state index contributed by atoms with van der Waals surface area (Å²) in [6.07, 6.45) is 0. The van der Waals surface area contributed by atoms with Crippen molar-refractivity contribution in [3.63, 3.8) is 0 Å². The summed E-state index contributed by atoms with van der Waals surface area (Å²) in [6, 6.07) is 10.6. The average molecular weight is 279 g/mol. The molecule has 0 aromatic heterocycles. The van der Waals surface area contributed by atoms with E-state index >= 15 is 0 Å². The largest absolute Gasteiger partial charge is 0.508 e. The van der Waals surface area contributed by atoms with Crippen molar-refractivity contribution in [2.24, 2.45) is 0 Å².